The number of aryl methyl sites for hydroxylation is 1. The van der Waals surface area contributed by atoms with Crippen LogP contribution < -0.4 is 0 Å². The van der Waals surface area contributed by atoms with Gasteiger partial charge < -0.3 is 0 Å². The monoisotopic (exact) mass is 200 g/mol. The van der Waals surface area contributed by atoms with Crippen molar-refractivity contribution in [3.8, 4) is 0 Å². The van der Waals surface area contributed by atoms with Crippen molar-refractivity contribution in [2.75, 3.05) is 0 Å². The van der Waals surface area contributed by atoms with Crippen LogP contribution in [0.25, 0.3) is 10.1 Å². The van der Waals surface area contributed by atoms with Gasteiger partial charge >= 0.3 is 0 Å². The fraction of sp³-hybridized carbons (Fsp3) is 0.111. The largest absolute Gasteiger partial charge is 0.205 e. The molecule has 0 saturated heterocycles. The van der Waals surface area contributed by atoms with Crippen LogP contribution in [0.1, 0.15) is 5.56 Å². The standard InChI is InChI=1S/C9H6ClFS/c1-5-2-3-6(10)9-8(5)7(11)4-12-9/h2-4H,1H3. The van der Waals surface area contributed by atoms with Crippen LogP contribution in [0.15, 0.2) is 17.5 Å². The van der Waals surface area contributed by atoms with Gasteiger partial charge in [0.1, 0.15) is 5.82 Å². The average molecular weight is 201 g/mol. The Morgan fingerprint density at radius 1 is 1.42 bits per heavy atom. The first-order chi connectivity index (χ1) is 5.70. The molecule has 0 aliphatic rings. The van der Waals surface area contributed by atoms with Gasteiger partial charge in [0.15, 0.2) is 0 Å². The van der Waals surface area contributed by atoms with Gasteiger partial charge in [-0.1, -0.05) is 17.7 Å². The molecular weight excluding hydrogens is 195 g/mol. The third-order valence-corrected chi connectivity index (χ3v) is 3.25. The zero-order chi connectivity index (χ0) is 8.72. The van der Waals surface area contributed by atoms with Crippen molar-refractivity contribution < 1.29 is 4.39 Å². The van der Waals surface area contributed by atoms with E-state index in [9.17, 15) is 4.39 Å². The summed E-state index contributed by atoms with van der Waals surface area (Å²) in [4.78, 5) is 0. The first kappa shape index (κ1) is 8.02. The number of hydrogen-bond donors (Lipinski definition) is 0. The lowest BCUT2D eigenvalue weighted by Crippen LogP contribution is -1.76. The van der Waals surface area contributed by atoms with Crippen molar-refractivity contribution in [3.63, 3.8) is 0 Å². The molecule has 0 nitrogen and oxygen atoms in total. The normalized spacial score (nSPS) is 10.9. The second kappa shape index (κ2) is 2.71. The van der Waals surface area contributed by atoms with E-state index < -0.39 is 0 Å². The maximum atomic E-state index is 13.1. The lowest BCUT2D eigenvalue weighted by atomic mass is 10.1. The lowest BCUT2D eigenvalue weighted by Gasteiger charge is -1.97. The summed E-state index contributed by atoms with van der Waals surface area (Å²) in [6.07, 6.45) is 0. The van der Waals surface area contributed by atoms with Crippen molar-refractivity contribution in [2.45, 2.75) is 6.92 Å². The highest BCUT2D eigenvalue weighted by Gasteiger charge is 2.08. The molecule has 2 rings (SSSR count). The molecule has 0 N–H and O–H groups in total. The molecule has 12 heavy (non-hydrogen) atoms. The Morgan fingerprint density at radius 2 is 2.17 bits per heavy atom. The molecule has 0 aliphatic carbocycles. The Labute approximate surface area is 78.6 Å². The van der Waals surface area contributed by atoms with E-state index in [-0.39, 0.29) is 5.82 Å². The Balaban J connectivity index is 2.98. The van der Waals surface area contributed by atoms with Crippen LogP contribution in [-0.4, -0.2) is 0 Å². The van der Waals surface area contributed by atoms with E-state index in [0.29, 0.717) is 10.4 Å². The van der Waals surface area contributed by atoms with Gasteiger partial charge in [0.25, 0.3) is 0 Å². The number of benzene rings is 1. The van der Waals surface area contributed by atoms with Gasteiger partial charge in [-0.3, -0.25) is 0 Å². The minimum Gasteiger partial charge on any atom is -0.205 e. The van der Waals surface area contributed by atoms with Crippen molar-refractivity contribution >= 4 is 33.0 Å². The highest BCUT2D eigenvalue weighted by molar-refractivity contribution is 7.18. The summed E-state index contributed by atoms with van der Waals surface area (Å²) in [6.45, 7) is 1.88. The van der Waals surface area contributed by atoms with E-state index in [1.165, 1.54) is 16.7 Å². The van der Waals surface area contributed by atoms with E-state index in [2.05, 4.69) is 0 Å². The highest BCUT2D eigenvalue weighted by Crippen LogP contribution is 2.33. The van der Waals surface area contributed by atoms with E-state index in [1.54, 1.807) is 6.07 Å². The molecule has 0 amide bonds. The molecule has 0 atom stereocenters. The Morgan fingerprint density at radius 3 is 2.83 bits per heavy atom. The molecule has 2 aromatic rings. The van der Waals surface area contributed by atoms with Crippen LogP contribution in [0.4, 0.5) is 4.39 Å². The Hall–Kier alpha value is -0.600. The highest BCUT2D eigenvalue weighted by atomic mass is 35.5. The molecule has 1 aromatic carbocycles. The first-order valence-corrected chi connectivity index (χ1v) is 4.77. The van der Waals surface area contributed by atoms with Crippen LogP contribution in [-0.2, 0) is 0 Å². The third-order valence-electron chi connectivity index (χ3n) is 1.84. The molecule has 1 heterocycles. The summed E-state index contributed by atoms with van der Waals surface area (Å²) in [6, 6.07) is 3.63. The zero-order valence-corrected chi connectivity index (χ0v) is 7.97. The predicted molar refractivity (Wildman–Crippen MR) is 51.5 cm³/mol. The van der Waals surface area contributed by atoms with Gasteiger partial charge in [-0.2, -0.15) is 0 Å². The van der Waals surface area contributed by atoms with Gasteiger partial charge in [0.2, 0.25) is 0 Å². The van der Waals surface area contributed by atoms with E-state index in [0.717, 1.165) is 10.3 Å². The van der Waals surface area contributed by atoms with Crippen molar-refractivity contribution in [3.05, 3.63) is 33.9 Å². The Bertz CT molecular complexity index is 433. The molecule has 0 unspecified atom stereocenters. The number of hydrogen-bond acceptors (Lipinski definition) is 1. The van der Waals surface area contributed by atoms with Crippen LogP contribution in [0.5, 0.6) is 0 Å². The van der Waals surface area contributed by atoms with E-state index in [1.807, 2.05) is 13.0 Å². The molecule has 0 spiro atoms. The van der Waals surface area contributed by atoms with Gasteiger partial charge in [0, 0.05) is 10.8 Å². The summed E-state index contributed by atoms with van der Waals surface area (Å²) < 4.78 is 14.0. The number of thiophene rings is 1. The van der Waals surface area contributed by atoms with E-state index >= 15 is 0 Å². The lowest BCUT2D eigenvalue weighted by molar-refractivity contribution is 0.643. The summed E-state index contributed by atoms with van der Waals surface area (Å²) in [7, 11) is 0. The number of rotatable bonds is 0. The van der Waals surface area contributed by atoms with Gasteiger partial charge in [0.05, 0.1) is 9.72 Å². The molecule has 1 aromatic heterocycles. The third kappa shape index (κ3) is 1.03. The zero-order valence-electron chi connectivity index (χ0n) is 6.40. The van der Waals surface area contributed by atoms with Gasteiger partial charge in [-0.15, -0.1) is 11.3 Å². The number of fused-ring (bicyclic) bond motifs is 1. The molecular formula is C9H6ClFS. The average Bonchev–Trinajstić information content (AvgIpc) is 2.42. The van der Waals surface area contributed by atoms with Gasteiger partial charge in [-0.25, -0.2) is 4.39 Å². The van der Waals surface area contributed by atoms with Crippen molar-refractivity contribution in [2.24, 2.45) is 0 Å². The molecule has 0 bridgehead atoms. The molecule has 0 radical (unpaired) electrons. The smallest absolute Gasteiger partial charge is 0.142 e. The number of halogens is 2. The topological polar surface area (TPSA) is 0 Å². The predicted octanol–water partition coefficient (Wildman–Crippen LogP) is 4.00. The van der Waals surface area contributed by atoms with Crippen LogP contribution in [0.2, 0.25) is 5.02 Å². The first-order valence-electron chi connectivity index (χ1n) is 3.52. The summed E-state index contributed by atoms with van der Waals surface area (Å²) in [5.74, 6) is -0.171. The van der Waals surface area contributed by atoms with Gasteiger partial charge in [-0.05, 0) is 18.6 Å². The van der Waals surface area contributed by atoms with Crippen LogP contribution in [0, 0.1) is 12.7 Å². The summed E-state index contributed by atoms with van der Waals surface area (Å²) >= 11 is 7.23. The Kier molecular flexibility index (Phi) is 1.81. The summed E-state index contributed by atoms with van der Waals surface area (Å²) in [5, 5.41) is 2.78. The molecule has 0 fully saturated rings. The minimum atomic E-state index is -0.171. The molecule has 0 aliphatic heterocycles. The summed E-state index contributed by atoms with van der Waals surface area (Å²) in [5.41, 5.74) is 0.938. The SMILES string of the molecule is Cc1ccc(Cl)c2scc(F)c12. The van der Waals surface area contributed by atoms with Crippen LogP contribution >= 0.6 is 22.9 Å². The van der Waals surface area contributed by atoms with Crippen LogP contribution in [0.3, 0.4) is 0 Å². The maximum Gasteiger partial charge on any atom is 0.142 e. The maximum absolute atomic E-state index is 13.1. The molecule has 3 heteroatoms. The van der Waals surface area contributed by atoms with E-state index in [4.69, 9.17) is 11.6 Å². The fourth-order valence-electron chi connectivity index (χ4n) is 1.24. The fourth-order valence-corrected chi connectivity index (χ4v) is 2.42. The van der Waals surface area contributed by atoms with Crippen molar-refractivity contribution in [1.29, 1.82) is 0 Å². The second-order valence-corrected chi connectivity index (χ2v) is 3.94. The molecule has 62 valence electrons. The quantitative estimate of drug-likeness (QED) is 0.603. The van der Waals surface area contributed by atoms with Crippen molar-refractivity contribution in [1.82, 2.24) is 0 Å². The molecule has 0 saturated carbocycles. The second-order valence-electron chi connectivity index (χ2n) is 2.65. The minimum absolute atomic E-state index is 0.171.